The van der Waals surface area contributed by atoms with Gasteiger partial charge < -0.3 is 9.47 Å². The van der Waals surface area contributed by atoms with E-state index < -0.39 is 0 Å². The van der Waals surface area contributed by atoms with Gasteiger partial charge in [-0.15, -0.1) is 0 Å². The Labute approximate surface area is 192 Å². The quantitative estimate of drug-likeness (QED) is 0.158. The zero-order valence-electron chi connectivity index (χ0n) is 20.6. The van der Waals surface area contributed by atoms with E-state index in [1.165, 1.54) is 75.4 Å². The molecule has 2 aliphatic rings. The Kier molecular flexibility index (Phi) is 13.2. The molecule has 4 unspecified atom stereocenters. The predicted octanol–water partition coefficient (Wildman–Crippen LogP) is 8.07. The molecule has 0 bridgehead atoms. The van der Waals surface area contributed by atoms with Crippen molar-refractivity contribution in [2.45, 2.75) is 85.0 Å². The van der Waals surface area contributed by atoms with Gasteiger partial charge in [0.15, 0.2) is 0 Å². The van der Waals surface area contributed by atoms with E-state index in [0.717, 1.165) is 37.6 Å². The van der Waals surface area contributed by atoms with E-state index in [0.29, 0.717) is 12.5 Å². The van der Waals surface area contributed by atoms with Crippen molar-refractivity contribution in [1.29, 1.82) is 0 Å². The molecule has 0 aromatic heterocycles. The highest BCUT2D eigenvalue weighted by atomic mass is 16.5. The summed E-state index contributed by atoms with van der Waals surface area (Å²) < 4.78 is 11.2. The lowest BCUT2D eigenvalue weighted by molar-refractivity contribution is 0.0509. The Balaban J connectivity index is 1.69. The maximum atomic E-state index is 5.92. The van der Waals surface area contributed by atoms with Gasteiger partial charge in [-0.2, -0.15) is 0 Å². The van der Waals surface area contributed by atoms with Gasteiger partial charge in [-0.1, -0.05) is 67.9 Å². The molecule has 0 spiro atoms. The minimum absolute atomic E-state index is 0.689. The van der Waals surface area contributed by atoms with Crippen LogP contribution in [0.15, 0.2) is 48.1 Å². The SMILES string of the molecule is C=C(/C=C\C(=C/C)CCCCC)C1CCC2CC(COC/C=C\COCC)CCC2C1. The fraction of sp³-hybridized carbons (Fsp3) is 0.724. The summed E-state index contributed by atoms with van der Waals surface area (Å²) in [7, 11) is 0. The molecule has 2 aliphatic carbocycles. The van der Waals surface area contributed by atoms with Gasteiger partial charge >= 0.3 is 0 Å². The first kappa shape index (κ1) is 26.1. The average molecular weight is 429 g/mol. The number of rotatable bonds is 14. The highest BCUT2D eigenvalue weighted by Gasteiger charge is 2.35. The molecular formula is C29H48O2. The van der Waals surface area contributed by atoms with Gasteiger partial charge in [0.2, 0.25) is 0 Å². The minimum atomic E-state index is 0.689. The maximum Gasteiger partial charge on any atom is 0.0648 e. The second-order valence-electron chi connectivity index (χ2n) is 9.61. The molecule has 4 atom stereocenters. The summed E-state index contributed by atoms with van der Waals surface area (Å²) in [6.07, 6.45) is 24.3. The zero-order valence-corrected chi connectivity index (χ0v) is 20.6. The maximum absolute atomic E-state index is 5.92. The van der Waals surface area contributed by atoms with Gasteiger partial charge in [0.25, 0.3) is 0 Å². The molecule has 0 N–H and O–H groups in total. The van der Waals surface area contributed by atoms with Crippen LogP contribution >= 0.6 is 0 Å². The van der Waals surface area contributed by atoms with Gasteiger partial charge in [-0.25, -0.2) is 0 Å². The van der Waals surface area contributed by atoms with Gasteiger partial charge in [-0.05, 0) is 88.9 Å². The van der Waals surface area contributed by atoms with E-state index in [-0.39, 0.29) is 0 Å². The number of fused-ring (bicyclic) bond motifs is 1. The Hall–Kier alpha value is -1.12. The second kappa shape index (κ2) is 15.6. The summed E-state index contributed by atoms with van der Waals surface area (Å²) in [5.74, 6) is 3.25. The lowest BCUT2D eigenvalue weighted by atomic mass is 9.64. The van der Waals surface area contributed by atoms with Crippen LogP contribution in [0.2, 0.25) is 0 Å². The first-order chi connectivity index (χ1) is 15.2. The van der Waals surface area contributed by atoms with Crippen LogP contribution in [0.1, 0.15) is 85.0 Å². The van der Waals surface area contributed by atoms with E-state index in [9.17, 15) is 0 Å². The molecule has 0 aliphatic heterocycles. The monoisotopic (exact) mass is 428 g/mol. The Bertz CT molecular complexity index is 586. The highest BCUT2D eigenvalue weighted by Crippen LogP contribution is 2.46. The smallest absolute Gasteiger partial charge is 0.0648 e. The molecule has 0 aromatic carbocycles. The minimum Gasteiger partial charge on any atom is -0.378 e. The van der Waals surface area contributed by atoms with Crippen LogP contribution in [0.5, 0.6) is 0 Å². The van der Waals surface area contributed by atoms with Crippen LogP contribution in [0.25, 0.3) is 0 Å². The number of allylic oxidation sites excluding steroid dienone is 5. The molecule has 0 radical (unpaired) electrons. The van der Waals surface area contributed by atoms with Crippen molar-refractivity contribution in [1.82, 2.24) is 0 Å². The molecule has 2 heteroatoms. The lowest BCUT2D eigenvalue weighted by Crippen LogP contribution is -2.32. The van der Waals surface area contributed by atoms with Crippen molar-refractivity contribution in [3.8, 4) is 0 Å². The second-order valence-corrected chi connectivity index (χ2v) is 9.61. The molecule has 0 amide bonds. The third kappa shape index (κ3) is 9.91. The number of hydrogen-bond acceptors (Lipinski definition) is 2. The molecule has 31 heavy (non-hydrogen) atoms. The fourth-order valence-corrected chi connectivity index (χ4v) is 5.35. The Morgan fingerprint density at radius 2 is 1.65 bits per heavy atom. The molecule has 0 heterocycles. The summed E-state index contributed by atoms with van der Waals surface area (Å²) in [5, 5.41) is 0. The summed E-state index contributed by atoms with van der Waals surface area (Å²) in [6, 6.07) is 0. The van der Waals surface area contributed by atoms with Crippen LogP contribution < -0.4 is 0 Å². The van der Waals surface area contributed by atoms with Gasteiger partial charge in [-0.3, -0.25) is 0 Å². The van der Waals surface area contributed by atoms with E-state index in [4.69, 9.17) is 9.47 Å². The number of ether oxygens (including phenoxy) is 2. The van der Waals surface area contributed by atoms with Crippen molar-refractivity contribution in [3.63, 3.8) is 0 Å². The molecule has 2 saturated carbocycles. The van der Waals surface area contributed by atoms with Crippen molar-refractivity contribution >= 4 is 0 Å². The molecule has 2 fully saturated rings. The Morgan fingerprint density at radius 1 is 0.903 bits per heavy atom. The molecular weight excluding hydrogens is 380 g/mol. The zero-order chi connectivity index (χ0) is 22.3. The summed E-state index contributed by atoms with van der Waals surface area (Å²) >= 11 is 0. The van der Waals surface area contributed by atoms with E-state index in [1.54, 1.807) is 0 Å². The van der Waals surface area contributed by atoms with Crippen molar-refractivity contribution in [2.24, 2.45) is 23.7 Å². The van der Waals surface area contributed by atoms with E-state index in [2.05, 4.69) is 50.8 Å². The molecule has 2 nitrogen and oxygen atoms in total. The van der Waals surface area contributed by atoms with E-state index in [1.807, 2.05) is 6.92 Å². The average Bonchev–Trinajstić information content (AvgIpc) is 2.80. The third-order valence-electron chi connectivity index (χ3n) is 7.35. The van der Waals surface area contributed by atoms with Crippen LogP contribution in [0.3, 0.4) is 0 Å². The third-order valence-corrected chi connectivity index (χ3v) is 7.35. The number of unbranched alkanes of at least 4 members (excludes halogenated alkanes) is 2. The normalized spacial score (nSPS) is 27.1. The predicted molar refractivity (Wildman–Crippen MR) is 134 cm³/mol. The highest BCUT2D eigenvalue weighted by molar-refractivity contribution is 5.27. The lowest BCUT2D eigenvalue weighted by Gasteiger charge is -2.42. The van der Waals surface area contributed by atoms with Crippen molar-refractivity contribution in [2.75, 3.05) is 26.4 Å². The standard InChI is InChI=1S/C29H48O2/c1-5-8-9-12-25(6-2)14-13-24(4)27-17-18-28-21-26(15-16-29(28)22-27)23-31-20-11-10-19-30-7-3/h6,10-11,13-14,26-29H,4-5,7-9,12,15-23H2,1-3H3/b11-10-,14-13-,25-6-. The first-order valence-corrected chi connectivity index (χ1v) is 13.0. The Morgan fingerprint density at radius 3 is 2.39 bits per heavy atom. The largest absolute Gasteiger partial charge is 0.378 e. The number of hydrogen-bond donors (Lipinski definition) is 0. The molecule has 0 saturated heterocycles. The van der Waals surface area contributed by atoms with Crippen LogP contribution in [0, 0.1) is 23.7 Å². The molecule has 0 aromatic rings. The van der Waals surface area contributed by atoms with Crippen LogP contribution in [0.4, 0.5) is 0 Å². The summed E-state index contributed by atoms with van der Waals surface area (Å²) in [5.41, 5.74) is 2.83. The van der Waals surface area contributed by atoms with E-state index >= 15 is 0 Å². The van der Waals surface area contributed by atoms with Crippen LogP contribution in [-0.2, 0) is 9.47 Å². The van der Waals surface area contributed by atoms with Gasteiger partial charge in [0.1, 0.15) is 0 Å². The van der Waals surface area contributed by atoms with Gasteiger partial charge in [0, 0.05) is 13.2 Å². The van der Waals surface area contributed by atoms with Gasteiger partial charge in [0.05, 0.1) is 13.2 Å². The summed E-state index contributed by atoms with van der Waals surface area (Å²) in [4.78, 5) is 0. The molecule has 176 valence electrons. The fourth-order valence-electron chi connectivity index (χ4n) is 5.35. The molecule has 2 rings (SSSR count). The topological polar surface area (TPSA) is 18.5 Å². The van der Waals surface area contributed by atoms with Crippen molar-refractivity contribution < 1.29 is 9.47 Å². The van der Waals surface area contributed by atoms with Crippen LogP contribution in [-0.4, -0.2) is 26.4 Å². The first-order valence-electron chi connectivity index (χ1n) is 13.0. The summed E-state index contributed by atoms with van der Waals surface area (Å²) in [6.45, 7) is 14.0. The van der Waals surface area contributed by atoms with Crippen molar-refractivity contribution in [3.05, 3.63) is 48.1 Å².